The first-order valence-corrected chi connectivity index (χ1v) is 8.13. The molecule has 0 aliphatic heterocycles. The van der Waals surface area contributed by atoms with Gasteiger partial charge in [0.2, 0.25) is 5.88 Å². The molecule has 3 aromatic rings. The van der Waals surface area contributed by atoms with Gasteiger partial charge in [-0.05, 0) is 30.2 Å². The summed E-state index contributed by atoms with van der Waals surface area (Å²) in [5.74, 6) is -0.986. The van der Waals surface area contributed by atoms with Gasteiger partial charge in [0.25, 0.3) is 5.91 Å². The third-order valence-electron chi connectivity index (χ3n) is 3.89. The van der Waals surface area contributed by atoms with E-state index in [0.29, 0.717) is 18.2 Å². The number of pyridine rings is 1. The van der Waals surface area contributed by atoms with E-state index in [4.69, 9.17) is 0 Å². The molecule has 1 aromatic carbocycles. The molecule has 0 saturated heterocycles. The SMILES string of the molecule is O=C(NCCc1ccccc1O)c1cc(O)n(-c2ccc(C(F)(F)F)cn2)n1. The standard InChI is InChI=1S/C18H15F3N4O3/c19-18(20,21)12-5-6-15(23-10-12)25-16(27)9-13(24-25)17(28)22-8-7-11-3-1-2-4-14(11)26/h1-6,9-10,26-27H,7-8H2,(H,22,28). The summed E-state index contributed by atoms with van der Waals surface area (Å²) >= 11 is 0. The van der Waals surface area contributed by atoms with Crippen molar-refractivity contribution in [2.45, 2.75) is 12.6 Å². The zero-order valence-electron chi connectivity index (χ0n) is 14.3. The number of hydrogen-bond donors (Lipinski definition) is 3. The molecule has 10 heteroatoms. The van der Waals surface area contributed by atoms with Crippen LogP contribution in [0.15, 0.2) is 48.7 Å². The van der Waals surface area contributed by atoms with E-state index in [0.717, 1.165) is 22.9 Å². The van der Waals surface area contributed by atoms with E-state index in [1.165, 1.54) is 6.07 Å². The maximum Gasteiger partial charge on any atom is 0.417 e. The number of phenols is 1. The van der Waals surface area contributed by atoms with Gasteiger partial charge in [0.15, 0.2) is 11.5 Å². The summed E-state index contributed by atoms with van der Waals surface area (Å²) in [7, 11) is 0. The monoisotopic (exact) mass is 392 g/mol. The average Bonchev–Trinajstić information content (AvgIpc) is 3.04. The van der Waals surface area contributed by atoms with Gasteiger partial charge in [0.1, 0.15) is 5.75 Å². The molecule has 146 valence electrons. The molecule has 0 aliphatic rings. The summed E-state index contributed by atoms with van der Waals surface area (Å²) in [4.78, 5) is 15.8. The van der Waals surface area contributed by atoms with E-state index in [1.807, 2.05) is 0 Å². The van der Waals surface area contributed by atoms with Gasteiger partial charge in [-0.25, -0.2) is 4.98 Å². The molecule has 0 spiro atoms. The molecule has 28 heavy (non-hydrogen) atoms. The number of nitrogens with one attached hydrogen (secondary N) is 1. The second-order valence-corrected chi connectivity index (χ2v) is 5.84. The maximum atomic E-state index is 12.6. The van der Waals surface area contributed by atoms with Gasteiger partial charge in [-0.2, -0.15) is 23.0 Å². The lowest BCUT2D eigenvalue weighted by atomic mass is 10.1. The van der Waals surface area contributed by atoms with Crippen LogP contribution in [0.5, 0.6) is 11.6 Å². The number of rotatable bonds is 5. The summed E-state index contributed by atoms with van der Waals surface area (Å²) < 4.78 is 38.6. The molecular weight excluding hydrogens is 377 g/mol. The van der Waals surface area contributed by atoms with Crippen molar-refractivity contribution >= 4 is 5.91 Å². The van der Waals surface area contributed by atoms with Crippen molar-refractivity contribution in [3.63, 3.8) is 0 Å². The second-order valence-electron chi connectivity index (χ2n) is 5.84. The van der Waals surface area contributed by atoms with E-state index in [2.05, 4.69) is 15.4 Å². The molecule has 0 bridgehead atoms. The van der Waals surface area contributed by atoms with Gasteiger partial charge in [-0.3, -0.25) is 4.79 Å². The Balaban J connectivity index is 1.67. The Hall–Kier alpha value is -3.56. The van der Waals surface area contributed by atoms with Crippen molar-refractivity contribution in [2.75, 3.05) is 6.54 Å². The number of nitrogens with zero attached hydrogens (tertiary/aromatic N) is 3. The van der Waals surface area contributed by atoms with Crippen LogP contribution in [0, 0.1) is 0 Å². The fraction of sp³-hybridized carbons (Fsp3) is 0.167. The number of carbonyl (C=O) groups is 1. The Kier molecular flexibility index (Phi) is 5.21. The normalized spacial score (nSPS) is 11.4. The number of alkyl halides is 3. The van der Waals surface area contributed by atoms with Gasteiger partial charge in [0.05, 0.1) is 5.56 Å². The molecule has 0 fully saturated rings. The lowest BCUT2D eigenvalue weighted by molar-refractivity contribution is -0.137. The van der Waals surface area contributed by atoms with Crippen LogP contribution < -0.4 is 5.32 Å². The van der Waals surface area contributed by atoms with Crippen LogP contribution in [-0.2, 0) is 12.6 Å². The van der Waals surface area contributed by atoms with Gasteiger partial charge < -0.3 is 15.5 Å². The van der Waals surface area contributed by atoms with E-state index >= 15 is 0 Å². The largest absolute Gasteiger partial charge is 0.508 e. The predicted molar refractivity (Wildman–Crippen MR) is 92.2 cm³/mol. The van der Waals surface area contributed by atoms with Crippen molar-refractivity contribution in [1.29, 1.82) is 0 Å². The second kappa shape index (κ2) is 7.59. The highest BCUT2D eigenvalue weighted by Crippen LogP contribution is 2.29. The summed E-state index contributed by atoms with van der Waals surface area (Å²) in [5, 5.41) is 26.1. The van der Waals surface area contributed by atoms with Crippen LogP contribution in [0.3, 0.4) is 0 Å². The minimum absolute atomic E-state index is 0.0706. The fourth-order valence-electron chi connectivity index (χ4n) is 2.45. The Morgan fingerprint density at radius 2 is 1.89 bits per heavy atom. The lowest BCUT2D eigenvalue weighted by Crippen LogP contribution is -2.26. The number of aromatic hydroxyl groups is 2. The molecule has 3 rings (SSSR count). The number of halogens is 3. The van der Waals surface area contributed by atoms with Gasteiger partial charge in [-0.1, -0.05) is 18.2 Å². The van der Waals surface area contributed by atoms with Crippen molar-refractivity contribution in [3.8, 4) is 17.4 Å². The molecule has 2 aromatic heterocycles. The predicted octanol–water partition coefficient (Wildman–Crippen LogP) is 2.67. The number of phenolic OH excluding ortho intramolecular Hbond substituents is 1. The fourth-order valence-corrected chi connectivity index (χ4v) is 2.45. The molecule has 0 radical (unpaired) electrons. The molecule has 0 unspecified atom stereocenters. The van der Waals surface area contributed by atoms with Crippen molar-refractivity contribution < 1.29 is 28.2 Å². The molecule has 7 nitrogen and oxygen atoms in total. The highest BCUT2D eigenvalue weighted by atomic mass is 19.4. The lowest BCUT2D eigenvalue weighted by Gasteiger charge is -2.07. The van der Waals surface area contributed by atoms with Crippen molar-refractivity contribution in [1.82, 2.24) is 20.1 Å². The summed E-state index contributed by atoms with van der Waals surface area (Å²) in [6.45, 7) is 0.211. The maximum absolute atomic E-state index is 12.6. The Morgan fingerprint density at radius 3 is 2.54 bits per heavy atom. The number of para-hydroxylation sites is 1. The topological polar surface area (TPSA) is 100 Å². The summed E-state index contributed by atoms with van der Waals surface area (Å²) in [6.07, 6.45) is -3.54. The molecule has 3 N–H and O–H groups in total. The molecule has 0 saturated carbocycles. The average molecular weight is 392 g/mol. The first-order chi connectivity index (χ1) is 13.3. The Morgan fingerprint density at radius 1 is 1.14 bits per heavy atom. The van der Waals surface area contributed by atoms with Crippen molar-refractivity contribution in [3.05, 3.63) is 65.5 Å². The number of carbonyl (C=O) groups excluding carboxylic acids is 1. The van der Waals surface area contributed by atoms with Gasteiger partial charge in [0, 0.05) is 18.8 Å². The third-order valence-corrected chi connectivity index (χ3v) is 3.89. The molecule has 1 amide bonds. The molecular formula is C18H15F3N4O3. The zero-order chi connectivity index (χ0) is 20.3. The highest BCUT2D eigenvalue weighted by Gasteiger charge is 2.30. The van der Waals surface area contributed by atoms with E-state index in [1.54, 1.807) is 18.2 Å². The minimum Gasteiger partial charge on any atom is -0.508 e. The number of benzene rings is 1. The van der Waals surface area contributed by atoms with E-state index < -0.39 is 23.5 Å². The first-order valence-electron chi connectivity index (χ1n) is 8.13. The van der Waals surface area contributed by atoms with E-state index in [-0.39, 0.29) is 23.8 Å². The van der Waals surface area contributed by atoms with E-state index in [9.17, 15) is 28.2 Å². The first kappa shape index (κ1) is 19.2. The van der Waals surface area contributed by atoms with Crippen LogP contribution >= 0.6 is 0 Å². The summed E-state index contributed by atoms with van der Waals surface area (Å²) in [6, 6.07) is 9.61. The van der Waals surface area contributed by atoms with Crippen LogP contribution in [0.2, 0.25) is 0 Å². The molecule has 0 aliphatic carbocycles. The summed E-state index contributed by atoms with van der Waals surface area (Å²) in [5.41, 5.74) is -0.411. The van der Waals surface area contributed by atoms with Gasteiger partial charge in [-0.15, -0.1) is 0 Å². The third kappa shape index (κ3) is 4.22. The smallest absolute Gasteiger partial charge is 0.417 e. The Bertz CT molecular complexity index is 984. The van der Waals surface area contributed by atoms with Crippen LogP contribution in [0.4, 0.5) is 13.2 Å². The van der Waals surface area contributed by atoms with Crippen LogP contribution in [0.1, 0.15) is 21.6 Å². The zero-order valence-corrected chi connectivity index (χ0v) is 14.3. The number of amides is 1. The van der Waals surface area contributed by atoms with Crippen molar-refractivity contribution in [2.24, 2.45) is 0 Å². The van der Waals surface area contributed by atoms with Crippen LogP contribution in [0.25, 0.3) is 5.82 Å². The quantitative estimate of drug-likeness (QED) is 0.620. The number of hydrogen-bond acceptors (Lipinski definition) is 5. The minimum atomic E-state index is -4.53. The molecule has 0 atom stereocenters. The Labute approximate surface area is 157 Å². The van der Waals surface area contributed by atoms with Crippen LogP contribution in [-0.4, -0.2) is 37.4 Å². The number of aromatic nitrogens is 3. The van der Waals surface area contributed by atoms with Gasteiger partial charge >= 0.3 is 6.18 Å². The highest BCUT2D eigenvalue weighted by molar-refractivity contribution is 5.92. The molecule has 2 heterocycles.